The van der Waals surface area contributed by atoms with Crippen molar-refractivity contribution in [1.82, 2.24) is 4.31 Å². The van der Waals surface area contributed by atoms with Crippen molar-refractivity contribution in [3.8, 4) is 0 Å². The molecule has 2 fully saturated rings. The molecule has 1 aromatic rings. The van der Waals surface area contributed by atoms with Crippen LogP contribution in [0.3, 0.4) is 0 Å². The molecule has 1 aromatic carbocycles. The topological polar surface area (TPSA) is 83.9 Å². The third-order valence-electron chi connectivity index (χ3n) is 4.67. The van der Waals surface area contributed by atoms with Crippen molar-refractivity contribution in [3.63, 3.8) is 0 Å². The Labute approximate surface area is 136 Å². The van der Waals surface area contributed by atoms with E-state index < -0.39 is 28.1 Å². The van der Waals surface area contributed by atoms with Crippen molar-refractivity contribution in [1.29, 1.82) is 0 Å². The Morgan fingerprint density at radius 3 is 2.61 bits per heavy atom. The van der Waals surface area contributed by atoms with Gasteiger partial charge in [0.05, 0.1) is 23.1 Å². The van der Waals surface area contributed by atoms with E-state index in [2.05, 4.69) is 0 Å². The van der Waals surface area contributed by atoms with Crippen LogP contribution in [-0.2, 0) is 19.6 Å². The molecule has 1 N–H and O–H groups in total. The molecule has 0 aromatic heterocycles. The molecule has 0 aliphatic carbocycles. The zero-order chi connectivity index (χ0) is 16.9. The fourth-order valence-electron chi connectivity index (χ4n) is 3.73. The molecule has 3 rings (SSSR count). The molecule has 23 heavy (non-hydrogen) atoms. The summed E-state index contributed by atoms with van der Waals surface area (Å²) in [5, 5.41) is 9.47. The first-order valence-corrected chi connectivity index (χ1v) is 9.15. The molecule has 6 nitrogen and oxygen atoms in total. The normalized spacial score (nSPS) is 31.3. The summed E-state index contributed by atoms with van der Waals surface area (Å²) in [5.74, 6) is -1.12. The lowest BCUT2D eigenvalue weighted by Gasteiger charge is -2.27. The molecule has 0 amide bonds. The minimum absolute atomic E-state index is 0.0587. The number of nitrogens with zero attached hydrogens (tertiary/aromatic N) is 1. The van der Waals surface area contributed by atoms with E-state index >= 15 is 0 Å². The van der Waals surface area contributed by atoms with Gasteiger partial charge >= 0.3 is 5.97 Å². The Bertz CT molecular complexity index is 745. The molecule has 2 saturated heterocycles. The molecule has 2 aliphatic heterocycles. The highest BCUT2D eigenvalue weighted by molar-refractivity contribution is 7.89. The average molecular weight is 339 g/mol. The number of hydrogen-bond acceptors (Lipinski definition) is 4. The first kappa shape index (κ1) is 16.4. The number of benzene rings is 1. The Hall–Kier alpha value is -1.44. The van der Waals surface area contributed by atoms with Crippen LogP contribution in [0.4, 0.5) is 0 Å². The maximum Gasteiger partial charge on any atom is 0.322 e. The molecule has 0 bridgehead atoms. The molecule has 0 spiro atoms. The van der Waals surface area contributed by atoms with Gasteiger partial charge in [0, 0.05) is 6.42 Å². The van der Waals surface area contributed by atoms with Crippen LogP contribution < -0.4 is 0 Å². The summed E-state index contributed by atoms with van der Waals surface area (Å²) in [5.41, 5.74) is 1.60. The predicted octanol–water partition coefficient (Wildman–Crippen LogP) is 1.70. The van der Waals surface area contributed by atoms with E-state index in [0.29, 0.717) is 12.0 Å². The summed E-state index contributed by atoms with van der Waals surface area (Å²) in [6, 6.07) is 3.62. The van der Waals surface area contributed by atoms with Gasteiger partial charge < -0.3 is 9.84 Å². The molecule has 7 heteroatoms. The maximum absolute atomic E-state index is 13.1. The summed E-state index contributed by atoms with van der Waals surface area (Å²) in [7, 11) is -3.89. The fraction of sp³-hybridized carbons (Fsp3) is 0.562. The van der Waals surface area contributed by atoms with Crippen molar-refractivity contribution in [2.75, 3.05) is 0 Å². The lowest BCUT2D eigenvalue weighted by atomic mass is 10.1. The molecular weight excluding hydrogens is 318 g/mol. The number of sulfonamides is 1. The standard InChI is InChI=1S/C16H21NO5S/c1-9-4-5-15(10(2)6-9)23(20,21)17-12-7-11(3)22-14(12)8-13(17)16(18)19/h4-6,11-14H,7-8H2,1-3H3,(H,18,19)/t11-,12+,13+,14+/m1/s1. The smallest absolute Gasteiger partial charge is 0.322 e. The van der Waals surface area contributed by atoms with Crippen molar-refractivity contribution in [3.05, 3.63) is 29.3 Å². The summed E-state index contributed by atoms with van der Waals surface area (Å²) in [6.07, 6.45) is 0.329. The third-order valence-corrected chi connectivity index (χ3v) is 6.76. The van der Waals surface area contributed by atoms with Crippen LogP contribution in [0, 0.1) is 13.8 Å². The Morgan fingerprint density at radius 1 is 1.30 bits per heavy atom. The number of aliphatic carboxylic acids is 1. The first-order chi connectivity index (χ1) is 10.7. The Kier molecular flexibility index (Phi) is 3.98. The van der Waals surface area contributed by atoms with Crippen LogP contribution in [0.25, 0.3) is 0 Å². The van der Waals surface area contributed by atoms with Crippen LogP contribution in [0.15, 0.2) is 23.1 Å². The summed E-state index contributed by atoms with van der Waals surface area (Å²) < 4.78 is 33.2. The number of carboxylic acid groups (broad SMARTS) is 1. The van der Waals surface area contributed by atoms with Crippen molar-refractivity contribution in [2.45, 2.75) is 62.8 Å². The quantitative estimate of drug-likeness (QED) is 0.906. The molecule has 2 heterocycles. The zero-order valence-corrected chi connectivity index (χ0v) is 14.2. The van der Waals surface area contributed by atoms with Gasteiger partial charge in [-0.05, 0) is 38.8 Å². The molecule has 0 unspecified atom stereocenters. The number of ether oxygens (including phenoxy) is 1. The molecular formula is C16H21NO5S. The van der Waals surface area contributed by atoms with E-state index in [9.17, 15) is 18.3 Å². The van der Waals surface area contributed by atoms with Crippen molar-refractivity contribution >= 4 is 16.0 Å². The zero-order valence-electron chi connectivity index (χ0n) is 13.4. The fourth-order valence-corrected chi connectivity index (χ4v) is 5.75. The second-order valence-electron chi connectivity index (χ2n) is 6.48. The van der Waals surface area contributed by atoms with Gasteiger partial charge in [-0.15, -0.1) is 0 Å². The molecule has 4 atom stereocenters. The summed E-state index contributed by atoms with van der Waals surface area (Å²) in [4.78, 5) is 11.8. The Balaban J connectivity index is 2.06. The van der Waals surface area contributed by atoms with Crippen LogP contribution in [0.5, 0.6) is 0 Å². The van der Waals surface area contributed by atoms with Crippen molar-refractivity contribution in [2.24, 2.45) is 0 Å². The Morgan fingerprint density at radius 2 is 2.00 bits per heavy atom. The highest BCUT2D eigenvalue weighted by Crippen LogP contribution is 2.40. The lowest BCUT2D eigenvalue weighted by Crippen LogP contribution is -2.45. The van der Waals surface area contributed by atoms with Crippen LogP contribution >= 0.6 is 0 Å². The maximum atomic E-state index is 13.1. The van der Waals surface area contributed by atoms with E-state index in [1.165, 1.54) is 4.31 Å². The SMILES string of the molecule is Cc1ccc(S(=O)(=O)N2[C@H](C(=O)O)C[C@@H]3O[C@H](C)C[C@@H]32)c(C)c1. The van der Waals surface area contributed by atoms with Crippen LogP contribution in [0.2, 0.25) is 0 Å². The monoisotopic (exact) mass is 339 g/mol. The van der Waals surface area contributed by atoms with Gasteiger partial charge in [0.15, 0.2) is 0 Å². The number of hydrogen-bond donors (Lipinski definition) is 1. The number of aryl methyl sites for hydroxylation is 2. The molecule has 0 saturated carbocycles. The van der Waals surface area contributed by atoms with Crippen LogP contribution in [-0.4, -0.2) is 48.1 Å². The first-order valence-electron chi connectivity index (χ1n) is 7.71. The second-order valence-corrected chi connectivity index (χ2v) is 8.29. The van der Waals surface area contributed by atoms with E-state index in [4.69, 9.17) is 4.74 Å². The number of carboxylic acids is 1. The van der Waals surface area contributed by atoms with Gasteiger partial charge in [0.1, 0.15) is 6.04 Å². The van der Waals surface area contributed by atoms with Gasteiger partial charge in [-0.3, -0.25) is 4.79 Å². The summed E-state index contributed by atoms with van der Waals surface area (Å²) in [6.45, 7) is 5.51. The molecule has 2 aliphatic rings. The van der Waals surface area contributed by atoms with Gasteiger partial charge in [0.25, 0.3) is 0 Å². The second kappa shape index (κ2) is 5.58. The largest absolute Gasteiger partial charge is 0.480 e. The van der Waals surface area contributed by atoms with Gasteiger partial charge in [-0.1, -0.05) is 17.7 Å². The van der Waals surface area contributed by atoms with Gasteiger partial charge in [0.2, 0.25) is 10.0 Å². The molecule has 0 radical (unpaired) electrons. The van der Waals surface area contributed by atoms with Crippen molar-refractivity contribution < 1.29 is 23.1 Å². The number of fused-ring (bicyclic) bond motifs is 1. The minimum atomic E-state index is -3.89. The van der Waals surface area contributed by atoms with E-state index in [1.54, 1.807) is 25.1 Å². The summed E-state index contributed by atoms with van der Waals surface area (Å²) >= 11 is 0. The third kappa shape index (κ3) is 2.66. The van der Waals surface area contributed by atoms with E-state index in [0.717, 1.165) is 5.56 Å². The highest BCUT2D eigenvalue weighted by Gasteiger charge is 2.54. The molecule has 126 valence electrons. The average Bonchev–Trinajstić information content (AvgIpc) is 2.93. The van der Waals surface area contributed by atoms with E-state index in [1.807, 2.05) is 13.8 Å². The minimum Gasteiger partial charge on any atom is -0.480 e. The van der Waals surface area contributed by atoms with Gasteiger partial charge in [-0.25, -0.2) is 8.42 Å². The van der Waals surface area contributed by atoms with Crippen LogP contribution in [0.1, 0.15) is 30.9 Å². The number of rotatable bonds is 3. The number of carbonyl (C=O) groups is 1. The van der Waals surface area contributed by atoms with Gasteiger partial charge in [-0.2, -0.15) is 4.31 Å². The lowest BCUT2D eigenvalue weighted by molar-refractivity contribution is -0.141. The highest BCUT2D eigenvalue weighted by atomic mass is 32.2. The predicted molar refractivity (Wildman–Crippen MR) is 83.7 cm³/mol. The van der Waals surface area contributed by atoms with E-state index in [-0.39, 0.29) is 23.5 Å².